The molecule has 0 atom stereocenters. The molecule has 2 rings (SSSR count). The molecule has 8 heteroatoms. The van der Waals surface area contributed by atoms with Crippen LogP contribution in [0.15, 0.2) is 29.2 Å². The summed E-state index contributed by atoms with van der Waals surface area (Å²) in [6.07, 6.45) is 3.01. The van der Waals surface area contributed by atoms with E-state index in [1.807, 2.05) is 0 Å². The van der Waals surface area contributed by atoms with Gasteiger partial charge in [0.1, 0.15) is 0 Å². The Morgan fingerprint density at radius 2 is 1.86 bits per heavy atom. The Hall–Kier alpha value is -1.51. The molecule has 1 N–H and O–H groups in total. The zero-order valence-electron chi connectivity index (χ0n) is 12.6. The van der Waals surface area contributed by atoms with Crippen LogP contribution in [0.2, 0.25) is 0 Å². The maximum atomic E-state index is 12.1. The van der Waals surface area contributed by atoms with Gasteiger partial charge in [0.15, 0.2) is 0 Å². The normalized spacial score (nSPS) is 17.5. The van der Waals surface area contributed by atoms with E-state index in [9.17, 15) is 18.5 Å². The van der Waals surface area contributed by atoms with Crippen LogP contribution in [0.25, 0.3) is 0 Å². The van der Waals surface area contributed by atoms with E-state index < -0.39 is 14.9 Å². The maximum Gasteiger partial charge on any atom is 0.269 e. The van der Waals surface area contributed by atoms with Crippen molar-refractivity contribution in [1.29, 1.82) is 0 Å². The molecule has 1 aromatic rings. The highest BCUT2D eigenvalue weighted by atomic mass is 32.2. The Labute approximate surface area is 130 Å². The third-order valence-electron chi connectivity index (χ3n) is 4.04. The minimum Gasteiger partial charge on any atom is -0.306 e. The van der Waals surface area contributed by atoms with E-state index in [1.165, 1.54) is 24.3 Å². The first-order valence-electron chi connectivity index (χ1n) is 7.31. The predicted molar refractivity (Wildman–Crippen MR) is 83.1 cm³/mol. The van der Waals surface area contributed by atoms with Gasteiger partial charge in [-0.3, -0.25) is 10.1 Å². The fourth-order valence-electron chi connectivity index (χ4n) is 2.58. The van der Waals surface area contributed by atoms with Crippen molar-refractivity contribution in [3.63, 3.8) is 0 Å². The number of piperidine rings is 1. The van der Waals surface area contributed by atoms with Crippen LogP contribution in [0.1, 0.15) is 19.3 Å². The van der Waals surface area contributed by atoms with Gasteiger partial charge in [0.25, 0.3) is 5.69 Å². The average Bonchev–Trinajstić information content (AvgIpc) is 2.49. The molecule has 0 saturated carbocycles. The van der Waals surface area contributed by atoms with Crippen molar-refractivity contribution >= 4 is 15.7 Å². The zero-order valence-corrected chi connectivity index (χ0v) is 13.4. The Morgan fingerprint density at radius 3 is 2.41 bits per heavy atom. The maximum absolute atomic E-state index is 12.1. The van der Waals surface area contributed by atoms with Crippen LogP contribution in [0.4, 0.5) is 5.69 Å². The number of nitrogens with zero attached hydrogens (tertiary/aromatic N) is 2. The summed E-state index contributed by atoms with van der Waals surface area (Å²) in [5.41, 5.74) is -0.120. The van der Waals surface area contributed by atoms with Crippen molar-refractivity contribution in [2.24, 2.45) is 5.92 Å². The molecule has 0 spiro atoms. The number of hydrogen-bond acceptors (Lipinski definition) is 5. The predicted octanol–water partition coefficient (Wildman–Crippen LogP) is 1.60. The molecule has 0 bridgehead atoms. The number of hydrogen-bond donors (Lipinski definition) is 1. The van der Waals surface area contributed by atoms with E-state index in [0.29, 0.717) is 12.5 Å². The van der Waals surface area contributed by atoms with Crippen molar-refractivity contribution in [2.45, 2.75) is 24.2 Å². The lowest BCUT2D eigenvalue weighted by Crippen LogP contribution is -2.32. The molecule has 1 aliphatic rings. The summed E-state index contributed by atoms with van der Waals surface area (Å²) in [4.78, 5) is 12.3. The fourth-order valence-corrected chi connectivity index (χ4v) is 3.63. The molecule has 1 saturated heterocycles. The first kappa shape index (κ1) is 16.9. The Morgan fingerprint density at radius 1 is 1.27 bits per heavy atom. The van der Waals surface area contributed by atoms with E-state index in [1.54, 1.807) is 0 Å². The summed E-state index contributed by atoms with van der Waals surface area (Å²) < 4.78 is 26.8. The molecule has 22 heavy (non-hydrogen) atoms. The SMILES string of the molecule is CN1CCC(CCNS(=O)(=O)c2ccc([N+](=O)[O-])cc2)CC1. The Kier molecular flexibility index (Phi) is 5.49. The molecular weight excluding hydrogens is 306 g/mol. The van der Waals surface area contributed by atoms with Gasteiger partial charge in [0.2, 0.25) is 10.0 Å². The van der Waals surface area contributed by atoms with Crippen LogP contribution < -0.4 is 4.72 Å². The molecule has 1 aromatic carbocycles. The number of non-ortho nitro benzene ring substituents is 1. The monoisotopic (exact) mass is 327 g/mol. The van der Waals surface area contributed by atoms with Crippen LogP contribution >= 0.6 is 0 Å². The van der Waals surface area contributed by atoms with Gasteiger partial charge in [0.05, 0.1) is 9.82 Å². The summed E-state index contributed by atoms with van der Waals surface area (Å²) in [5, 5.41) is 10.6. The number of nitrogens with one attached hydrogen (secondary N) is 1. The lowest BCUT2D eigenvalue weighted by atomic mass is 9.94. The van der Waals surface area contributed by atoms with E-state index in [-0.39, 0.29) is 10.6 Å². The summed E-state index contributed by atoms with van der Waals surface area (Å²) in [6.45, 7) is 2.51. The molecule has 0 aliphatic carbocycles. The smallest absolute Gasteiger partial charge is 0.269 e. The van der Waals surface area contributed by atoms with Crippen molar-refractivity contribution in [2.75, 3.05) is 26.7 Å². The summed E-state index contributed by atoms with van der Waals surface area (Å²) in [6, 6.07) is 4.92. The highest BCUT2D eigenvalue weighted by Gasteiger charge is 2.19. The van der Waals surface area contributed by atoms with Gasteiger partial charge in [-0.15, -0.1) is 0 Å². The number of nitro groups is 1. The fraction of sp³-hybridized carbons (Fsp3) is 0.571. The van der Waals surface area contributed by atoms with Crippen LogP contribution in [0.3, 0.4) is 0 Å². The molecule has 0 unspecified atom stereocenters. The second kappa shape index (κ2) is 7.17. The lowest BCUT2D eigenvalue weighted by molar-refractivity contribution is -0.384. The first-order chi connectivity index (χ1) is 10.4. The van der Waals surface area contributed by atoms with Crippen LogP contribution in [-0.4, -0.2) is 44.9 Å². The Bertz CT molecular complexity index is 607. The minimum atomic E-state index is -3.60. The Balaban J connectivity index is 1.87. The van der Waals surface area contributed by atoms with E-state index in [4.69, 9.17) is 0 Å². The van der Waals surface area contributed by atoms with Gasteiger partial charge >= 0.3 is 0 Å². The minimum absolute atomic E-state index is 0.0569. The topological polar surface area (TPSA) is 92.6 Å². The third kappa shape index (κ3) is 4.49. The van der Waals surface area contributed by atoms with Crippen molar-refractivity contribution in [3.8, 4) is 0 Å². The molecule has 0 amide bonds. The van der Waals surface area contributed by atoms with Crippen LogP contribution in [-0.2, 0) is 10.0 Å². The number of nitro benzene ring substituents is 1. The lowest BCUT2D eigenvalue weighted by Gasteiger charge is -2.28. The highest BCUT2D eigenvalue weighted by Crippen LogP contribution is 2.19. The quantitative estimate of drug-likeness (QED) is 0.633. The number of benzene rings is 1. The van der Waals surface area contributed by atoms with Gasteiger partial charge in [0, 0.05) is 18.7 Å². The number of rotatable bonds is 6. The number of sulfonamides is 1. The molecule has 0 aromatic heterocycles. The molecule has 1 aliphatic heterocycles. The van der Waals surface area contributed by atoms with E-state index in [2.05, 4.69) is 16.7 Å². The van der Waals surface area contributed by atoms with Crippen molar-refractivity contribution in [3.05, 3.63) is 34.4 Å². The largest absolute Gasteiger partial charge is 0.306 e. The summed E-state index contributed by atoms with van der Waals surface area (Å²) >= 11 is 0. The van der Waals surface area contributed by atoms with E-state index >= 15 is 0 Å². The zero-order chi connectivity index (χ0) is 16.2. The van der Waals surface area contributed by atoms with Gasteiger partial charge in [-0.1, -0.05) is 0 Å². The summed E-state index contributed by atoms with van der Waals surface area (Å²) in [7, 11) is -1.51. The summed E-state index contributed by atoms with van der Waals surface area (Å²) in [5.74, 6) is 0.552. The van der Waals surface area contributed by atoms with E-state index in [0.717, 1.165) is 32.4 Å². The molecule has 0 radical (unpaired) electrons. The van der Waals surface area contributed by atoms with Crippen LogP contribution in [0, 0.1) is 16.0 Å². The molecule has 1 fully saturated rings. The first-order valence-corrected chi connectivity index (χ1v) is 8.79. The van der Waals surface area contributed by atoms with Gasteiger partial charge < -0.3 is 4.90 Å². The van der Waals surface area contributed by atoms with Crippen molar-refractivity contribution < 1.29 is 13.3 Å². The molecule has 1 heterocycles. The van der Waals surface area contributed by atoms with Gasteiger partial charge in [-0.05, 0) is 57.5 Å². The molecule has 122 valence electrons. The second-order valence-corrected chi connectivity index (χ2v) is 7.45. The second-order valence-electron chi connectivity index (χ2n) is 5.68. The molecule has 7 nitrogen and oxygen atoms in total. The average molecular weight is 327 g/mol. The standard InChI is InChI=1S/C14H21N3O4S/c1-16-10-7-12(8-11-16)6-9-15-22(20,21)14-4-2-13(3-5-14)17(18)19/h2-5,12,15H,6-11H2,1H3. The highest BCUT2D eigenvalue weighted by molar-refractivity contribution is 7.89. The number of likely N-dealkylation sites (tertiary alicyclic amines) is 1. The van der Waals surface area contributed by atoms with Crippen LogP contribution in [0.5, 0.6) is 0 Å². The van der Waals surface area contributed by atoms with Crippen molar-refractivity contribution in [1.82, 2.24) is 9.62 Å². The molecular formula is C14H21N3O4S. The van der Waals surface area contributed by atoms with Gasteiger partial charge in [-0.25, -0.2) is 13.1 Å². The third-order valence-corrected chi connectivity index (χ3v) is 5.52. The van der Waals surface area contributed by atoms with Gasteiger partial charge in [-0.2, -0.15) is 0 Å².